The molecule has 136 valence electrons. The molecule has 0 unspecified atom stereocenters. The fourth-order valence-corrected chi connectivity index (χ4v) is 3.68. The van der Waals surface area contributed by atoms with Gasteiger partial charge in [-0.1, -0.05) is 6.07 Å². The van der Waals surface area contributed by atoms with Crippen LogP contribution in [0.4, 0.5) is 9.18 Å². The van der Waals surface area contributed by atoms with E-state index in [2.05, 4.69) is 10.6 Å². The molecule has 0 aromatic heterocycles. The van der Waals surface area contributed by atoms with Crippen molar-refractivity contribution >= 4 is 6.03 Å². The van der Waals surface area contributed by atoms with E-state index in [1.165, 1.54) is 18.9 Å². The summed E-state index contributed by atoms with van der Waals surface area (Å²) < 4.78 is 25.4. The van der Waals surface area contributed by atoms with Gasteiger partial charge in [0, 0.05) is 0 Å². The first-order valence-corrected chi connectivity index (χ1v) is 9.23. The van der Waals surface area contributed by atoms with Crippen LogP contribution >= 0.6 is 0 Å². The molecule has 1 saturated carbocycles. The number of halogens is 1. The molecule has 3 fully saturated rings. The van der Waals surface area contributed by atoms with Crippen LogP contribution in [-0.2, 0) is 4.74 Å². The second-order valence-corrected chi connectivity index (χ2v) is 7.50. The minimum atomic E-state index is -0.381. The number of carbonyl (C=O) groups excluding carboxylic acids is 1. The fourth-order valence-electron chi connectivity index (χ4n) is 3.68. The van der Waals surface area contributed by atoms with Gasteiger partial charge in [0.1, 0.15) is 0 Å². The molecule has 1 aromatic carbocycles. The average molecular weight is 348 g/mol. The number of amides is 2. The summed E-state index contributed by atoms with van der Waals surface area (Å²) in [4.78, 5) is 12.2. The predicted molar refractivity (Wildman–Crippen MR) is 91.0 cm³/mol. The second kappa shape index (κ2) is 6.83. The zero-order valence-electron chi connectivity index (χ0n) is 14.5. The summed E-state index contributed by atoms with van der Waals surface area (Å²) >= 11 is 0. The van der Waals surface area contributed by atoms with Gasteiger partial charge in [-0.15, -0.1) is 0 Å². The van der Waals surface area contributed by atoms with E-state index in [4.69, 9.17) is 9.47 Å². The standard InChI is InChI=1S/C19H25FN2O3/c1-11(21-19(23)22-16-9-14-5-7-18(16)25-14)13-4-6-17(15(20)8-13)24-10-12-2-3-12/h4,6,8,11-12,14,16,18H,2-3,5,7,9-10H2,1H3,(H2,21,22,23)/t11-,14+,16-,18+/m0/s1. The Balaban J connectivity index is 1.29. The van der Waals surface area contributed by atoms with Crippen LogP contribution in [0.25, 0.3) is 0 Å². The van der Waals surface area contributed by atoms with Crippen molar-refractivity contribution < 1.29 is 18.7 Å². The van der Waals surface area contributed by atoms with Crippen LogP contribution in [0.2, 0.25) is 0 Å². The predicted octanol–water partition coefficient (Wildman–Crippen LogP) is 3.29. The third kappa shape index (κ3) is 3.89. The van der Waals surface area contributed by atoms with Crippen molar-refractivity contribution in [3.8, 4) is 5.75 Å². The SMILES string of the molecule is C[C@H](NC(=O)N[C@H]1C[C@H]2CC[C@H]1O2)c1ccc(OCC2CC2)c(F)c1. The van der Waals surface area contributed by atoms with Gasteiger partial charge in [0.2, 0.25) is 0 Å². The second-order valence-electron chi connectivity index (χ2n) is 7.50. The van der Waals surface area contributed by atoms with Crippen molar-refractivity contribution in [2.75, 3.05) is 6.61 Å². The van der Waals surface area contributed by atoms with Gasteiger partial charge in [-0.05, 0) is 62.6 Å². The minimum absolute atomic E-state index is 0.0842. The summed E-state index contributed by atoms with van der Waals surface area (Å²) in [6.45, 7) is 2.43. The Kier molecular flexibility index (Phi) is 4.54. The molecule has 2 saturated heterocycles. The number of carbonyl (C=O) groups is 1. The molecular weight excluding hydrogens is 323 g/mol. The normalized spacial score (nSPS) is 28.6. The molecule has 3 aliphatic rings. The Hall–Kier alpha value is -1.82. The molecule has 25 heavy (non-hydrogen) atoms. The van der Waals surface area contributed by atoms with Crippen LogP contribution in [0.15, 0.2) is 18.2 Å². The Bertz CT molecular complexity index is 650. The fraction of sp³-hybridized carbons (Fsp3) is 0.632. The molecule has 2 N–H and O–H groups in total. The number of ether oxygens (including phenoxy) is 2. The summed E-state index contributed by atoms with van der Waals surface area (Å²) in [5.74, 6) is 0.485. The summed E-state index contributed by atoms with van der Waals surface area (Å²) in [6, 6.07) is 4.45. The summed E-state index contributed by atoms with van der Waals surface area (Å²) in [6.07, 6.45) is 5.77. The highest BCUT2D eigenvalue weighted by atomic mass is 19.1. The third-order valence-corrected chi connectivity index (χ3v) is 5.40. The first-order valence-electron chi connectivity index (χ1n) is 9.23. The van der Waals surface area contributed by atoms with E-state index < -0.39 is 0 Å². The van der Waals surface area contributed by atoms with Crippen LogP contribution in [0.3, 0.4) is 0 Å². The Morgan fingerprint density at radius 3 is 2.84 bits per heavy atom. The highest BCUT2D eigenvalue weighted by Gasteiger charge is 2.41. The molecule has 1 aromatic rings. The number of hydrogen-bond acceptors (Lipinski definition) is 3. The molecule has 0 radical (unpaired) electrons. The van der Waals surface area contributed by atoms with Crippen LogP contribution in [0.5, 0.6) is 5.75 Å². The molecule has 2 aliphatic heterocycles. The quantitative estimate of drug-likeness (QED) is 0.829. The van der Waals surface area contributed by atoms with E-state index in [-0.39, 0.29) is 35.8 Å². The average Bonchev–Trinajstić information content (AvgIpc) is 3.18. The highest BCUT2D eigenvalue weighted by Crippen LogP contribution is 2.34. The molecule has 4 rings (SSSR count). The molecule has 0 spiro atoms. The number of hydrogen-bond donors (Lipinski definition) is 2. The van der Waals surface area contributed by atoms with Crippen molar-refractivity contribution in [1.29, 1.82) is 0 Å². The summed E-state index contributed by atoms with van der Waals surface area (Å²) in [7, 11) is 0. The first kappa shape index (κ1) is 16.6. The Morgan fingerprint density at radius 2 is 2.20 bits per heavy atom. The lowest BCUT2D eigenvalue weighted by atomic mass is 9.96. The van der Waals surface area contributed by atoms with Crippen molar-refractivity contribution in [2.24, 2.45) is 5.92 Å². The minimum Gasteiger partial charge on any atom is -0.490 e. The van der Waals surface area contributed by atoms with E-state index in [1.54, 1.807) is 12.1 Å². The number of fused-ring (bicyclic) bond motifs is 2. The highest BCUT2D eigenvalue weighted by molar-refractivity contribution is 5.75. The van der Waals surface area contributed by atoms with Gasteiger partial charge in [-0.25, -0.2) is 9.18 Å². The van der Waals surface area contributed by atoms with E-state index >= 15 is 0 Å². The summed E-state index contributed by atoms with van der Waals surface area (Å²) in [5.41, 5.74) is 0.718. The topological polar surface area (TPSA) is 59.6 Å². The third-order valence-electron chi connectivity index (χ3n) is 5.40. The van der Waals surface area contributed by atoms with Crippen LogP contribution in [0.1, 0.15) is 50.6 Å². The largest absolute Gasteiger partial charge is 0.490 e. The molecule has 6 heteroatoms. The van der Waals surface area contributed by atoms with Gasteiger partial charge in [0.15, 0.2) is 11.6 Å². The van der Waals surface area contributed by atoms with Gasteiger partial charge in [0.25, 0.3) is 0 Å². The monoisotopic (exact) mass is 348 g/mol. The molecule has 5 nitrogen and oxygen atoms in total. The van der Waals surface area contributed by atoms with E-state index in [0.717, 1.165) is 24.8 Å². The van der Waals surface area contributed by atoms with Crippen molar-refractivity contribution in [3.05, 3.63) is 29.6 Å². The van der Waals surface area contributed by atoms with E-state index in [0.29, 0.717) is 18.6 Å². The Labute approximate surface area is 147 Å². The Morgan fingerprint density at radius 1 is 1.36 bits per heavy atom. The maximum absolute atomic E-state index is 14.2. The molecule has 4 atom stereocenters. The van der Waals surface area contributed by atoms with Crippen molar-refractivity contribution in [3.63, 3.8) is 0 Å². The van der Waals surface area contributed by atoms with Gasteiger partial charge in [-0.2, -0.15) is 0 Å². The smallest absolute Gasteiger partial charge is 0.315 e. The van der Waals surface area contributed by atoms with Crippen LogP contribution in [0, 0.1) is 11.7 Å². The number of urea groups is 1. The van der Waals surface area contributed by atoms with Gasteiger partial charge < -0.3 is 20.1 Å². The molecule has 2 amide bonds. The zero-order chi connectivity index (χ0) is 17.4. The molecule has 2 bridgehead atoms. The van der Waals surface area contributed by atoms with Gasteiger partial charge >= 0.3 is 6.03 Å². The number of nitrogens with one attached hydrogen (secondary N) is 2. The van der Waals surface area contributed by atoms with Crippen LogP contribution < -0.4 is 15.4 Å². The lowest BCUT2D eigenvalue weighted by molar-refractivity contribution is 0.0980. The zero-order valence-corrected chi connectivity index (χ0v) is 14.5. The molecule has 1 aliphatic carbocycles. The van der Waals surface area contributed by atoms with Crippen molar-refractivity contribution in [1.82, 2.24) is 10.6 Å². The summed E-state index contributed by atoms with van der Waals surface area (Å²) in [5, 5.41) is 5.86. The molecule has 2 heterocycles. The van der Waals surface area contributed by atoms with Crippen LogP contribution in [-0.4, -0.2) is 30.9 Å². The van der Waals surface area contributed by atoms with Gasteiger partial charge in [-0.3, -0.25) is 0 Å². The van der Waals surface area contributed by atoms with Gasteiger partial charge in [0.05, 0.1) is 30.9 Å². The van der Waals surface area contributed by atoms with Crippen molar-refractivity contribution in [2.45, 2.75) is 63.3 Å². The maximum Gasteiger partial charge on any atom is 0.315 e. The lowest BCUT2D eigenvalue weighted by Gasteiger charge is -2.22. The van der Waals surface area contributed by atoms with E-state index in [1.807, 2.05) is 6.92 Å². The van der Waals surface area contributed by atoms with E-state index in [9.17, 15) is 9.18 Å². The first-order chi connectivity index (χ1) is 12.1. The maximum atomic E-state index is 14.2. The lowest BCUT2D eigenvalue weighted by Crippen LogP contribution is -2.46. The molecular formula is C19H25FN2O3. The number of benzene rings is 1. The number of rotatable bonds is 6.